The van der Waals surface area contributed by atoms with Crippen LogP contribution < -0.4 is 10.3 Å². The Morgan fingerprint density at radius 1 is 1.15 bits per heavy atom. The third-order valence-corrected chi connectivity index (χ3v) is 7.38. The number of rotatable bonds is 5. The first kappa shape index (κ1) is 22.4. The maximum Gasteiger partial charge on any atom is 0.248 e. The highest BCUT2D eigenvalue weighted by molar-refractivity contribution is 5.98. The lowest BCUT2D eigenvalue weighted by Gasteiger charge is -2.48. The minimum absolute atomic E-state index is 0.236. The Bertz CT molecular complexity index is 912. The molecule has 33 heavy (non-hydrogen) atoms. The van der Waals surface area contributed by atoms with Crippen molar-refractivity contribution in [3.8, 4) is 0 Å². The number of allylic oxidation sites excluding steroid dienone is 1. The summed E-state index contributed by atoms with van der Waals surface area (Å²) in [6.07, 6.45) is 6.72. The summed E-state index contributed by atoms with van der Waals surface area (Å²) < 4.78 is 6.53. The van der Waals surface area contributed by atoms with Gasteiger partial charge < -0.3 is 19.9 Å². The Morgan fingerprint density at radius 2 is 1.97 bits per heavy atom. The molecule has 1 aromatic rings. The van der Waals surface area contributed by atoms with Gasteiger partial charge in [-0.3, -0.25) is 9.80 Å². The average Bonchev–Trinajstić information content (AvgIpc) is 3.27. The van der Waals surface area contributed by atoms with Gasteiger partial charge in [0.25, 0.3) is 0 Å². The van der Waals surface area contributed by atoms with Crippen molar-refractivity contribution in [1.82, 2.24) is 20.1 Å². The average molecular weight is 453 g/mol. The molecule has 2 unspecified atom stereocenters. The molecular weight excluding hydrogens is 416 g/mol. The predicted molar refractivity (Wildman–Crippen MR) is 130 cm³/mol. The molecule has 0 aromatic heterocycles. The number of carbonyl (C=O) groups is 1. The first-order chi connectivity index (χ1) is 16.2. The highest BCUT2D eigenvalue weighted by Gasteiger charge is 2.38. The Labute approximate surface area is 196 Å². The number of ether oxygens (including phenoxy) is 1. The highest BCUT2D eigenvalue weighted by Crippen LogP contribution is 2.35. The van der Waals surface area contributed by atoms with E-state index in [1.165, 1.54) is 12.0 Å². The molecule has 0 aliphatic carbocycles. The van der Waals surface area contributed by atoms with E-state index in [2.05, 4.69) is 58.4 Å². The van der Waals surface area contributed by atoms with Gasteiger partial charge in [0.1, 0.15) is 11.5 Å². The van der Waals surface area contributed by atoms with Gasteiger partial charge in [-0.25, -0.2) is 10.0 Å². The third kappa shape index (κ3) is 4.52. The molecule has 8 heteroatoms. The van der Waals surface area contributed by atoms with Gasteiger partial charge in [-0.05, 0) is 57.8 Å². The molecule has 4 heterocycles. The normalized spacial score (nSPS) is 28.4. The first-order valence-corrected chi connectivity index (χ1v) is 12.3. The lowest BCUT2D eigenvalue weighted by atomic mass is 9.98. The molecule has 3 atom stereocenters. The minimum atomic E-state index is -0.567. The van der Waals surface area contributed by atoms with Crippen molar-refractivity contribution in [2.45, 2.75) is 51.0 Å². The van der Waals surface area contributed by atoms with E-state index in [0.717, 1.165) is 69.8 Å². The monoisotopic (exact) mass is 452 g/mol. The van der Waals surface area contributed by atoms with Crippen molar-refractivity contribution >= 4 is 17.8 Å². The second-order valence-electron chi connectivity index (χ2n) is 9.55. The summed E-state index contributed by atoms with van der Waals surface area (Å²) in [5.74, 6) is 0.845. The van der Waals surface area contributed by atoms with Crippen LogP contribution in [0.1, 0.15) is 31.7 Å². The smallest absolute Gasteiger partial charge is 0.248 e. The zero-order chi connectivity index (χ0) is 22.8. The topological polar surface area (TPSA) is 63.6 Å². The number of aryl methyl sites for hydroxylation is 1. The number of anilines is 1. The van der Waals surface area contributed by atoms with Crippen LogP contribution in [0.2, 0.25) is 0 Å². The zero-order valence-electron chi connectivity index (χ0n) is 19.8. The molecule has 1 N–H and O–H groups in total. The van der Waals surface area contributed by atoms with Crippen LogP contribution in [-0.2, 0) is 16.0 Å². The number of benzene rings is 1. The summed E-state index contributed by atoms with van der Waals surface area (Å²) in [5.41, 5.74) is 3.04. The number of amidine groups is 1. The van der Waals surface area contributed by atoms with E-state index in [4.69, 9.17) is 9.73 Å². The standard InChI is InChI=1S/C25H36N6O2/c1-19-9-10-20-6-3-4-8-23(20)30(19)31-22(17-32)16-24(29-14-11-26-12-15-29)27-25(31)33-18-21-7-5-13-28(21)2/h3-4,6,8,16-17,19,21,25-26H,5,7,9-15,18H2,1-2H3/t19?,21-,25?/m0/s1. The van der Waals surface area contributed by atoms with E-state index in [0.29, 0.717) is 18.3 Å². The summed E-state index contributed by atoms with van der Waals surface area (Å²) in [6, 6.07) is 9.11. The lowest BCUT2D eigenvalue weighted by molar-refractivity contribution is -0.110. The molecule has 0 amide bonds. The van der Waals surface area contributed by atoms with Crippen LogP contribution in [0.5, 0.6) is 0 Å². The van der Waals surface area contributed by atoms with Crippen LogP contribution in [0, 0.1) is 0 Å². The van der Waals surface area contributed by atoms with E-state index in [1.807, 2.05) is 11.1 Å². The number of hydrazine groups is 1. The number of nitrogens with zero attached hydrogens (tertiary/aromatic N) is 5. The number of hydrogen-bond acceptors (Lipinski definition) is 8. The molecule has 0 bridgehead atoms. The molecule has 5 rings (SSSR count). The third-order valence-electron chi connectivity index (χ3n) is 7.38. The summed E-state index contributed by atoms with van der Waals surface area (Å²) in [6.45, 7) is 7.52. The van der Waals surface area contributed by atoms with Crippen molar-refractivity contribution in [3.63, 3.8) is 0 Å². The van der Waals surface area contributed by atoms with Gasteiger partial charge in [0.05, 0.1) is 12.3 Å². The quantitative estimate of drug-likeness (QED) is 0.684. The summed E-state index contributed by atoms with van der Waals surface area (Å²) in [7, 11) is 2.16. The van der Waals surface area contributed by atoms with Crippen LogP contribution in [0.4, 0.5) is 5.69 Å². The van der Waals surface area contributed by atoms with Crippen molar-refractivity contribution in [2.24, 2.45) is 4.99 Å². The number of para-hydroxylation sites is 1. The van der Waals surface area contributed by atoms with Gasteiger partial charge in [-0.2, -0.15) is 0 Å². The van der Waals surface area contributed by atoms with Crippen LogP contribution in [0.25, 0.3) is 0 Å². The second kappa shape index (κ2) is 9.83. The van der Waals surface area contributed by atoms with Crippen LogP contribution in [-0.4, -0.2) is 91.7 Å². The molecular formula is C25H36N6O2. The first-order valence-electron chi connectivity index (χ1n) is 12.3. The molecule has 8 nitrogen and oxygen atoms in total. The molecule has 2 saturated heterocycles. The van der Waals surface area contributed by atoms with Gasteiger partial charge in [0.15, 0.2) is 6.29 Å². The van der Waals surface area contributed by atoms with E-state index in [1.54, 1.807) is 0 Å². The number of aldehydes is 1. The zero-order valence-corrected chi connectivity index (χ0v) is 19.8. The molecule has 4 aliphatic heterocycles. The number of aliphatic imine (C=N–C) groups is 1. The summed E-state index contributed by atoms with van der Waals surface area (Å²) in [4.78, 5) is 22.1. The number of piperazine rings is 1. The number of likely N-dealkylation sites (N-methyl/N-ethyl adjacent to an activating group) is 1. The molecule has 1 aromatic carbocycles. The fraction of sp³-hybridized carbons (Fsp3) is 0.600. The second-order valence-corrected chi connectivity index (χ2v) is 9.55. The molecule has 0 radical (unpaired) electrons. The molecule has 0 saturated carbocycles. The number of fused-ring (bicyclic) bond motifs is 1. The van der Waals surface area contributed by atoms with Gasteiger partial charge >= 0.3 is 0 Å². The maximum absolute atomic E-state index is 12.4. The van der Waals surface area contributed by atoms with E-state index in [9.17, 15) is 4.79 Å². The minimum Gasteiger partial charge on any atom is -0.354 e. The van der Waals surface area contributed by atoms with Gasteiger partial charge in [0, 0.05) is 44.3 Å². The molecule has 0 spiro atoms. The fourth-order valence-electron chi connectivity index (χ4n) is 5.41. The van der Waals surface area contributed by atoms with Crippen molar-refractivity contribution < 1.29 is 9.53 Å². The SMILES string of the molecule is CC1CCc2ccccc2N1N1C(C=O)=CC(N2CCNCC2)=NC1OC[C@@H]1CCCN1C. The van der Waals surface area contributed by atoms with Crippen LogP contribution in [0.3, 0.4) is 0 Å². The van der Waals surface area contributed by atoms with E-state index in [-0.39, 0.29) is 6.04 Å². The highest BCUT2D eigenvalue weighted by atomic mass is 16.5. The largest absolute Gasteiger partial charge is 0.354 e. The van der Waals surface area contributed by atoms with Gasteiger partial charge in [0.2, 0.25) is 6.35 Å². The Morgan fingerprint density at radius 3 is 2.73 bits per heavy atom. The van der Waals surface area contributed by atoms with E-state index >= 15 is 0 Å². The van der Waals surface area contributed by atoms with Gasteiger partial charge in [-0.1, -0.05) is 18.2 Å². The number of carbonyl (C=O) groups excluding carboxylic acids is 1. The molecule has 178 valence electrons. The maximum atomic E-state index is 12.4. The Balaban J connectivity index is 1.49. The Kier molecular flexibility index (Phi) is 6.66. The van der Waals surface area contributed by atoms with E-state index < -0.39 is 6.35 Å². The van der Waals surface area contributed by atoms with Crippen molar-refractivity contribution in [2.75, 3.05) is 51.4 Å². The number of hydrogen-bond donors (Lipinski definition) is 1. The van der Waals surface area contributed by atoms with Gasteiger partial charge in [-0.15, -0.1) is 0 Å². The number of likely N-dealkylation sites (tertiary alicyclic amines) is 1. The lowest BCUT2D eigenvalue weighted by Crippen LogP contribution is -2.57. The Hall–Kier alpha value is -2.42. The number of nitrogens with one attached hydrogen (secondary N) is 1. The summed E-state index contributed by atoms with van der Waals surface area (Å²) in [5, 5.41) is 7.62. The van der Waals surface area contributed by atoms with Crippen molar-refractivity contribution in [1.29, 1.82) is 0 Å². The fourth-order valence-corrected chi connectivity index (χ4v) is 5.41. The summed E-state index contributed by atoms with van der Waals surface area (Å²) >= 11 is 0. The van der Waals surface area contributed by atoms with Crippen LogP contribution in [0.15, 0.2) is 41.0 Å². The van der Waals surface area contributed by atoms with Crippen molar-refractivity contribution in [3.05, 3.63) is 41.6 Å². The van der Waals surface area contributed by atoms with Crippen LogP contribution >= 0.6 is 0 Å². The predicted octanol–water partition coefficient (Wildman–Crippen LogP) is 1.84. The molecule has 4 aliphatic rings. The molecule has 2 fully saturated rings.